The van der Waals surface area contributed by atoms with Crippen LogP contribution in [-0.2, 0) is 0 Å². The van der Waals surface area contributed by atoms with E-state index in [1.165, 1.54) is 6.08 Å². The summed E-state index contributed by atoms with van der Waals surface area (Å²) in [5.41, 5.74) is 0. The van der Waals surface area contributed by atoms with Crippen molar-refractivity contribution in [2.24, 2.45) is 5.92 Å². The third-order valence-electron chi connectivity index (χ3n) is 2.49. The minimum atomic E-state index is -0.958. The van der Waals surface area contributed by atoms with Crippen LogP contribution in [0.4, 0.5) is 4.79 Å². The molecule has 2 N–H and O–H groups in total. The molecule has 0 aromatic rings. The van der Waals surface area contributed by atoms with Gasteiger partial charge in [0.1, 0.15) is 0 Å². The second kappa shape index (κ2) is 5.28. The second-order valence-electron chi connectivity index (χ2n) is 3.56. The van der Waals surface area contributed by atoms with Crippen molar-refractivity contribution in [2.75, 3.05) is 0 Å². The van der Waals surface area contributed by atoms with E-state index in [1.807, 2.05) is 12.1 Å². The van der Waals surface area contributed by atoms with Crippen molar-refractivity contribution in [3.63, 3.8) is 0 Å². The highest BCUT2D eigenvalue weighted by atomic mass is 16.4. The first-order chi connectivity index (χ1) is 6.72. The van der Waals surface area contributed by atoms with Crippen LogP contribution in [0.3, 0.4) is 0 Å². The molecule has 0 radical (unpaired) electrons. The van der Waals surface area contributed by atoms with Gasteiger partial charge in [0.05, 0.1) is 6.07 Å². The van der Waals surface area contributed by atoms with Crippen LogP contribution in [0.15, 0.2) is 12.2 Å². The predicted molar refractivity (Wildman–Crippen MR) is 51.7 cm³/mol. The van der Waals surface area contributed by atoms with Crippen molar-refractivity contribution in [3.05, 3.63) is 12.2 Å². The van der Waals surface area contributed by atoms with Crippen LogP contribution in [0.5, 0.6) is 0 Å². The number of nitriles is 1. The molecule has 1 aliphatic rings. The Morgan fingerprint density at radius 1 is 1.57 bits per heavy atom. The minimum absolute atomic E-state index is 0.0505. The van der Waals surface area contributed by atoms with Crippen LogP contribution in [0, 0.1) is 17.2 Å². The number of amides is 1. The summed E-state index contributed by atoms with van der Waals surface area (Å²) in [6.07, 6.45) is 6.18. The maximum Gasteiger partial charge on any atom is 0.404 e. The molecule has 1 rings (SSSR count). The van der Waals surface area contributed by atoms with Gasteiger partial charge < -0.3 is 10.4 Å². The van der Waals surface area contributed by atoms with Gasteiger partial charge >= 0.3 is 6.09 Å². The summed E-state index contributed by atoms with van der Waals surface area (Å²) in [5, 5.41) is 19.4. The summed E-state index contributed by atoms with van der Waals surface area (Å²) in [6, 6.07) is 2.00. The van der Waals surface area contributed by atoms with Crippen molar-refractivity contribution in [3.8, 4) is 6.07 Å². The SMILES string of the molecule is N#CC=CC1CCCC(NC(=O)O)C1. The van der Waals surface area contributed by atoms with Gasteiger partial charge in [0.2, 0.25) is 0 Å². The molecule has 0 aromatic heterocycles. The molecule has 0 aliphatic heterocycles. The molecule has 14 heavy (non-hydrogen) atoms. The lowest BCUT2D eigenvalue weighted by molar-refractivity contribution is 0.183. The molecule has 1 saturated carbocycles. The maximum atomic E-state index is 10.4. The maximum absolute atomic E-state index is 10.4. The Kier molecular flexibility index (Phi) is 3.99. The van der Waals surface area contributed by atoms with Gasteiger partial charge in [-0.1, -0.05) is 12.5 Å². The number of carbonyl (C=O) groups is 1. The van der Waals surface area contributed by atoms with Crippen molar-refractivity contribution in [1.82, 2.24) is 5.32 Å². The van der Waals surface area contributed by atoms with E-state index in [0.29, 0.717) is 5.92 Å². The number of rotatable bonds is 2. The van der Waals surface area contributed by atoms with E-state index >= 15 is 0 Å². The Morgan fingerprint density at radius 3 is 3.00 bits per heavy atom. The van der Waals surface area contributed by atoms with E-state index in [1.54, 1.807) is 0 Å². The molecule has 76 valence electrons. The lowest BCUT2D eigenvalue weighted by Crippen LogP contribution is -2.37. The number of hydrogen-bond donors (Lipinski definition) is 2. The summed E-state index contributed by atoms with van der Waals surface area (Å²) in [7, 11) is 0. The Bertz CT molecular complexity index is 268. The molecule has 1 amide bonds. The minimum Gasteiger partial charge on any atom is -0.465 e. The third kappa shape index (κ3) is 3.48. The summed E-state index contributed by atoms with van der Waals surface area (Å²) >= 11 is 0. The molecule has 0 saturated heterocycles. The van der Waals surface area contributed by atoms with Crippen LogP contribution >= 0.6 is 0 Å². The molecule has 0 spiro atoms. The monoisotopic (exact) mass is 194 g/mol. The van der Waals surface area contributed by atoms with E-state index in [9.17, 15) is 4.79 Å². The topological polar surface area (TPSA) is 73.1 Å². The molecule has 1 fully saturated rings. The van der Waals surface area contributed by atoms with E-state index < -0.39 is 6.09 Å². The number of allylic oxidation sites excluding steroid dienone is 2. The zero-order valence-electron chi connectivity index (χ0n) is 7.94. The summed E-state index contributed by atoms with van der Waals surface area (Å²) in [5.74, 6) is 0.347. The van der Waals surface area contributed by atoms with E-state index in [0.717, 1.165) is 25.7 Å². The number of nitrogens with zero attached hydrogens (tertiary/aromatic N) is 1. The summed E-state index contributed by atoms with van der Waals surface area (Å²) in [6.45, 7) is 0. The fourth-order valence-corrected chi connectivity index (χ4v) is 1.89. The number of nitrogens with one attached hydrogen (secondary N) is 1. The van der Waals surface area contributed by atoms with Crippen molar-refractivity contribution in [1.29, 1.82) is 5.26 Å². The highest BCUT2D eigenvalue weighted by Gasteiger charge is 2.21. The number of hydrogen-bond acceptors (Lipinski definition) is 2. The van der Waals surface area contributed by atoms with Gasteiger partial charge in [-0.15, -0.1) is 0 Å². The van der Waals surface area contributed by atoms with Gasteiger partial charge in [-0.3, -0.25) is 0 Å². The van der Waals surface area contributed by atoms with Crippen LogP contribution in [0.1, 0.15) is 25.7 Å². The quantitative estimate of drug-likeness (QED) is 0.659. The van der Waals surface area contributed by atoms with Gasteiger partial charge in [0.25, 0.3) is 0 Å². The fraction of sp³-hybridized carbons (Fsp3) is 0.600. The highest BCUT2D eigenvalue weighted by molar-refractivity contribution is 5.64. The Morgan fingerprint density at radius 2 is 2.36 bits per heavy atom. The molecule has 0 heterocycles. The average Bonchev–Trinajstić information content (AvgIpc) is 2.14. The molecule has 0 bridgehead atoms. The standard InChI is InChI=1S/C10H14N2O2/c11-6-2-4-8-3-1-5-9(7-8)12-10(13)14/h2,4,8-9,12H,1,3,5,7H2,(H,13,14). The Labute approximate surface area is 83.2 Å². The third-order valence-corrected chi connectivity index (χ3v) is 2.49. The number of carboxylic acid groups (broad SMARTS) is 1. The van der Waals surface area contributed by atoms with Crippen molar-refractivity contribution >= 4 is 6.09 Å². The smallest absolute Gasteiger partial charge is 0.404 e. The fourth-order valence-electron chi connectivity index (χ4n) is 1.89. The average molecular weight is 194 g/mol. The van der Waals surface area contributed by atoms with Crippen molar-refractivity contribution in [2.45, 2.75) is 31.7 Å². The van der Waals surface area contributed by atoms with Crippen molar-refractivity contribution < 1.29 is 9.90 Å². The van der Waals surface area contributed by atoms with Gasteiger partial charge in [-0.25, -0.2) is 4.79 Å². The van der Waals surface area contributed by atoms with E-state index in [2.05, 4.69) is 5.32 Å². The first kappa shape index (κ1) is 10.6. The zero-order chi connectivity index (χ0) is 10.4. The Hall–Kier alpha value is -1.50. The van der Waals surface area contributed by atoms with Gasteiger partial charge in [-0.05, 0) is 25.2 Å². The van der Waals surface area contributed by atoms with Crippen LogP contribution in [-0.4, -0.2) is 17.2 Å². The molecule has 2 unspecified atom stereocenters. The molecular formula is C10H14N2O2. The van der Waals surface area contributed by atoms with E-state index in [4.69, 9.17) is 10.4 Å². The van der Waals surface area contributed by atoms with Crippen LogP contribution in [0.2, 0.25) is 0 Å². The lowest BCUT2D eigenvalue weighted by Gasteiger charge is -2.26. The normalized spacial score (nSPS) is 27.1. The molecule has 4 nitrogen and oxygen atoms in total. The molecule has 0 aromatic carbocycles. The first-order valence-electron chi connectivity index (χ1n) is 4.78. The van der Waals surface area contributed by atoms with E-state index in [-0.39, 0.29) is 6.04 Å². The highest BCUT2D eigenvalue weighted by Crippen LogP contribution is 2.25. The van der Waals surface area contributed by atoms with Gasteiger partial charge in [-0.2, -0.15) is 5.26 Å². The Balaban J connectivity index is 2.40. The second-order valence-corrected chi connectivity index (χ2v) is 3.56. The molecule has 1 aliphatic carbocycles. The molecular weight excluding hydrogens is 180 g/mol. The molecule has 2 atom stereocenters. The van der Waals surface area contributed by atoms with Gasteiger partial charge in [0, 0.05) is 12.1 Å². The van der Waals surface area contributed by atoms with Gasteiger partial charge in [0.15, 0.2) is 0 Å². The lowest BCUT2D eigenvalue weighted by atomic mass is 9.85. The summed E-state index contributed by atoms with van der Waals surface area (Å²) in [4.78, 5) is 10.4. The molecule has 4 heteroatoms. The largest absolute Gasteiger partial charge is 0.465 e. The van der Waals surface area contributed by atoms with Crippen LogP contribution in [0.25, 0.3) is 0 Å². The van der Waals surface area contributed by atoms with Crippen LogP contribution < -0.4 is 5.32 Å². The summed E-state index contributed by atoms with van der Waals surface area (Å²) < 4.78 is 0. The zero-order valence-corrected chi connectivity index (χ0v) is 7.94. The predicted octanol–water partition coefficient (Wildman–Crippen LogP) is 1.89. The first-order valence-corrected chi connectivity index (χ1v) is 4.78.